The van der Waals surface area contributed by atoms with Gasteiger partial charge >= 0.3 is 0 Å². The van der Waals surface area contributed by atoms with E-state index in [1.165, 1.54) is 12.8 Å². The van der Waals surface area contributed by atoms with Gasteiger partial charge in [0.25, 0.3) is 0 Å². The molecule has 88 valence electrons. The molecule has 1 aliphatic rings. The molecule has 4 heteroatoms. The molecule has 1 saturated carbocycles. The van der Waals surface area contributed by atoms with Crippen LogP contribution >= 0.6 is 0 Å². The second kappa shape index (κ2) is 5.47. The molecule has 0 aromatic carbocycles. The number of carbonyl (C=O) groups excluding carboxylic acids is 1. The second-order valence-corrected chi connectivity index (χ2v) is 4.86. The van der Waals surface area contributed by atoms with Crippen LogP contribution in [0.15, 0.2) is 0 Å². The number of carbonyl (C=O) groups is 1. The van der Waals surface area contributed by atoms with E-state index in [1.54, 1.807) is 0 Å². The van der Waals surface area contributed by atoms with E-state index in [4.69, 9.17) is 10.5 Å². The molecule has 1 aliphatic carbocycles. The first kappa shape index (κ1) is 12.5. The van der Waals surface area contributed by atoms with Crippen LogP contribution in [0.1, 0.15) is 26.7 Å². The van der Waals surface area contributed by atoms with Crippen LogP contribution in [0, 0.1) is 11.3 Å². The van der Waals surface area contributed by atoms with Crippen LogP contribution in [-0.4, -0.2) is 32.2 Å². The summed E-state index contributed by atoms with van der Waals surface area (Å²) >= 11 is 0. The van der Waals surface area contributed by atoms with E-state index in [2.05, 4.69) is 5.32 Å². The van der Waals surface area contributed by atoms with Gasteiger partial charge in [0.15, 0.2) is 0 Å². The van der Waals surface area contributed by atoms with Gasteiger partial charge in [-0.3, -0.25) is 4.79 Å². The fourth-order valence-corrected chi connectivity index (χ4v) is 1.10. The first-order chi connectivity index (χ1) is 7.06. The molecule has 1 rings (SSSR count). The van der Waals surface area contributed by atoms with Crippen LogP contribution < -0.4 is 11.1 Å². The van der Waals surface area contributed by atoms with Gasteiger partial charge in [-0.15, -0.1) is 0 Å². The molecule has 0 unspecified atom stereocenters. The molecular formula is C11H22N2O2. The molecule has 0 bridgehead atoms. The number of ether oxygens (including phenoxy) is 1. The predicted molar refractivity (Wildman–Crippen MR) is 59.4 cm³/mol. The molecule has 0 saturated heterocycles. The maximum atomic E-state index is 11.6. The molecule has 0 aliphatic heterocycles. The maximum absolute atomic E-state index is 11.6. The Bertz CT molecular complexity index is 213. The zero-order valence-corrected chi connectivity index (χ0v) is 9.71. The Morgan fingerprint density at radius 1 is 1.53 bits per heavy atom. The third kappa shape index (κ3) is 4.62. The van der Waals surface area contributed by atoms with Crippen molar-refractivity contribution in [3.05, 3.63) is 0 Å². The first-order valence-corrected chi connectivity index (χ1v) is 5.62. The van der Waals surface area contributed by atoms with E-state index < -0.39 is 5.41 Å². The first-order valence-electron chi connectivity index (χ1n) is 5.62. The quantitative estimate of drug-likeness (QED) is 0.607. The lowest BCUT2D eigenvalue weighted by Gasteiger charge is -2.21. The lowest BCUT2D eigenvalue weighted by Crippen LogP contribution is -2.42. The second-order valence-electron chi connectivity index (χ2n) is 4.86. The van der Waals surface area contributed by atoms with Crippen molar-refractivity contribution in [1.29, 1.82) is 0 Å². The lowest BCUT2D eigenvalue weighted by molar-refractivity contribution is -0.129. The lowest BCUT2D eigenvalue weighted by atomic mass is 9.93. The van der Waals surface area contributed by atoms with Crippen molar-refractivity contribution in [3.8, 4) is 0 Å². The zero-order valence-electron chi connectivity index (χ0n) is 9.71. The topological polar surface area (TPSA) is 64.4 Å². The van der Waals surface area contributed by atoms with Crippen molar-refractivity contribution in [1.82, 2.24) is 5.32 Å². The summed E-state index contributed by atoms with van der Waals surface area (Å²) in [6.45, 7) is 6.07. The van der Waals surface area contributed by atoms with Crippen LogP contribution in [0.25, 0.3) is 0 Å². The SMILES string of the molecule is CC(C)(CN)C(=O)NCCOCC1CC1. The Balaban J connectivity index is 2.00. The number of rotatable bonds is 7. The number of hydrogen-bond donors (Lipinski definition) is 2. The minimum Gasteiger partial charge on any atom is -0.379 e. The van der Waals surface area contributed by atoms with E-state index in [1.807, 2.05) is 13.8 Å². The molecule has 0 aromatic rings. The molecule has 0 atom stereocenters. The highest BCUT2D eigenvalue weighted by molar-refractivity contribution is 5.81. The van der Waals surface area contributed by atoms with Crippen LogP contribution in [0.2, 0.25) is 0 Å². The van der Waals surface area contributed by atoms with Gasteiger partial charge in [0, 0.05) is 19.7 Å². The Morgan fingerprint density at radius 2 is 2.20 bits per heavy atom. The summed E-state index contributed by atoms with van der Waals surface area (Å²) in [6, 6.07) is 0. The summed E-state index contributed by atoms with van der Waals surface area (Å²) in [5.74, 6) is 0.779. The van der Waals surface area contributed by atoms with Crippen LogP contribution in [-0.2, 0) is 9.53 Å². The fourth-order valence-electron chi connectivity index (χ4n) is 1.10. The zero-order chi connectivity index (χ0) is 11.3. The molecular weight excluding hydrogens is 192 g/mol. The normalized spacial score (nSPS) is 16.5. The third-order valence-corrected chi connectivity index (χ3v) is 2.71. The Labute approximate surface area is 91.5 Å². The van der Waals surface area contributed by atoms with Crippen molar-refractivity contribution in [2.45, 2.75) is 26.7 Å². The average molecular weight is 214 g/mol. The highest BCUT2D eigenvalue weighted by Crippen LogP contribution is 2.28. The third-order valence-electron chi connectivity index (χ3n) is 2.71. The molecule has 1 amide bonds. The minimum atomic E-state index is -0.476. The Kier molecular flexibility index (Phi) is 4.54. The minimum absolute atomic E-state index is 0.0000203. The van der Waals surface area contributed by atoms with E-state index in [0.717, 1.165) is 12.5 Å². The predicted octanol–water partition coefficient (Wildman–Crippen LogP) is 0.514. The van der Waals surface area contributed by atoms with Gasteiger partial charge in [0.05, 0.1) is 12.0 Å². The molecule has 0 aromatic heterocycles. The van der Waals surface area contributed by atoms with Crippen LogP contribution in [0.4, 0.5) is 0 Å². The number of hydrogen-bond acceptors (Lipinski definition) is 3. The van der Waals surface area contributed by atoms with E-state index in [9.17, 15) is 4.79 Å². The molecule has 0 radical (unpaired) electrons. The molecule has 0 heterocycles. The van der Waals surface area contributed by atoms with Gasteiger partial charge < -0.3 is 15.8 Å². The molecule has 4 nitrogen and oxygen atoms in total. The van der Waals surface area contributed by atoms with E-state index >= 15 is 0 Å². The number of amides is 1. The summed E-state index contributed by atoms with van der Waals surface area (Å²) < 4.78 is 5.41. The molecule has 1 fully saturated rings. The van der Waals surface area contributed by atoms with Crippen molar-refractivity contribution >= 4 is 5.91 Å². The standard InChI is InChI=1S/C11H22N2O2/c1-11(2,8-12)10(14)13-5-6-15-7-9-3-4-9/h9H,3-8,12H2,1-2H3,(H,13,14). The summed E-state index contributed by atoms with van der Waals surface area (Å²) in [6.07, 6.45) is 2.60. The van der Waals surface area contributed by atoms with E-state index in [0.29, 0.717) is 19.7 Å². The van der Waals surface area contributed by atoms with Gasteiger partial charge in [-0.25, -0.2) is 0 Å². The van der Waals surface area contributed by atoms with E-state index in [-0.39, 0.29) is 5.91 Å². The van der Waals surface area contributed by atoms with Crippen LogP contribution in [0.5, 0.6) is 0 Å². The van der Waals surface area contributed by atoms with Gasteiger partial charge in [-0.1, -0.05) is 0 Å². The Hall–Kier alpha value is -0.610. The van der Waals surface area contributed by atoms with Gasteiger partial charge in [-0.2, -0.15) is 0 Å². The van der Waals surface area contributed by atoms with Gasteiger partial charge in [0.1, 0.15) is 0 Å². The monoisotopic (exact) mass is 214 g/mol. The van der Waals surface area contributed by atoms with Crippen molar-refractivity contribution in [2.75, 3.05) is 26.3 Å². The molecule has 3 N–H and O–H groups in total. The summed E-state index contributed by atoms with van der Waals surface area (Å²) in [4.78, 5) is 11.6. The summed E-state index contributed by atoms with van der Waals surface area (Å²) in [5.41, 5.74) is 5.02. The number of nitrogens with one attached hydrogen (secondary N) is 1. The number of nitrogens with two attached hydrogens (primary N) is 1. The average Bonchev–Trinajstić information content (AvgIpc) is 3.00. The van der Waals surface area contributed by atoms with Gasteiger partial charge in [-0.05, 0) is 32.6 Å². The maximum Gasteiger partial charge on any atom is 0.227 e. The van der Waals surface area contributed by atoms with Crippen LogP contribution in [0.3, 0.4) is 0 Å². The Morgan fingerprint density at radius 3 is 2.73 bits per heavy atom. The summed E-state index contributed by atoms with van der Waals surface area (Å²) in [5, 5.41) is 2.82. The highest BCUT2D eigenvalue weighted by Gasteiger charge is 2.25. The highest BCUT2D eigenvalue weighted by atomic mass is 16.5. The van der Waals surface area contributed by atoms with Crippen molar-refractivity contribution < 1.29 is 9.53 Å². The van der Waals surface area contributed by atoms with Gasteiger partial charge in [0.2, 0.25) is 5.91 Å². The molecule has 0 spiro atoms. The largest absolute Gasteiger partial charge is 0.379 e. The van der Waals surface area contributed by atoms with Crippen molar-refractivity contribution in [2.24, 2.45) is 17.1 Å². The smallest absolute Gasteiger partial charge is 0.227 e. The summed E-state index contributed by atoms with van der Waals surface area (Å²) in [7, 11) is 0. The van der Waals surface area contributed by atoms with Crippen molar-refractivity contribution in [3.63, 3.8) is 0 Å². The fraction of sp³-hybridized carbons (Fsp3) is 0.909. The molecule has 15 heavy (non-hydrogen) atoms.